The predicted octanol–water partition coefficient (Wildman–Crippen LogP) is 1.21. The Balaban J connectivity index is 1.99. The van der Waals surface area contributed by atoms with Gasteiger partial charge in [-0.2, -0.15) is 0 Å². The van der Waals surface area contributed by atoms with Gasteiger partial charge in [-0.05, 0) is 41.8 Å². The summed E-state index contributed by atoms with van der Waals surface area (Å²) >= 11 is 0. The van der Waals surface area contributed by atoms with E-state index >= 15 is 0 Å². The fourth-order valence-corrected chi connectivity index (χ4v) is 2.36. The summed E-state index contributed by atoms with van der Waals surface area (Å²) in [6, 6.07) is 9.59. The number of carboxylic acids is 1. The Morgan fingerprint density at radius 1 is 1.08 bits per heavy atom. The number of rotatable bonds is 7. The fourth-order valence-electron chi connectivity index (χ4n) is 2.36. The van der Waals surface area contributed by atoms with E-state index in [0.29, 0.717) is 5.56 Å². The lowest BCUT2D eigenvalue weighted by atomic mass is 10.0. The van der Waals surface area contributed by atoms with Crippen molar-refractivity contribution in [1.29, 1.82) is 0 Å². The number of hydrogen-bond donors (Lipinski definition) is 4. The molecule has 2 aromatic rings. The second-order valence-electron chi connectivity index (χ2n) is 5.71. The molecule has 132 valence electrons. The fraction of sp³-hybridized carbons (Fsp3) is 0.222. The number of phenolic OH excluding ortho intramolecular Hbond substituents is 1. The Morgan fingerprint density at radius 3 is 2.36 bits per heavy atom. The number of nitrogens with one attached hydrogen (secondary N) is 1. The van der Waals surface area contributed by atoms with Gasteiger partial charge in [-0.3, -0.25) is 4.79 Å². The molecule has 2 rings (SSSR count). The van der Waals surface area contributed by atoms with Crippen LogP contribution in [-0.2, 0) is 22.4 Å². The van der Waals surface area contributed by atoms with E-state index in [1.165, 1.54) is 30.3 Å². The summed E-state index contributed by atoms with van der Waals surface area (Å²) < 4.78 is 13.2. The number of benzene rings is 2. The number of nitrogens with two attached hydrogens (primary N) is 1. The number of phenols is 1. The first-order chi connectivity index (χ1) is 11.8. The van der Waals surface area contributed by atoms with Crippen molar-refractivity contribution in [2.75, 3.05) is 0 Å². The van der Waals surface area contributed by atoms with Crippen LogP contribution < -0.4 is 11.1 Å². The van der Waals surface area contributed by atoms with E-state index in [-0.39, 0.29) is 18.6 Å². The van der Waals surface area contributed by atoms with E-state index in [1.807, 2.05) is 0 Å². The van der Waals surface area contributed by atoms with Gasteiger partial charge in [-0.1, -0.05) is 24.3 Å². The summed E-state index contributed by atoms with van der Waals surface area (Å²) in [5.74, 6) is -2.22. The lowest BCUT2D eigenvalue weighted by Crippen LogP contribution is -2.50. The Morgan fingerprint density at radius 2 is 1.76 bits per heavy atom. The topological polar surface area (TPSA) is 113 Å². The highest BCUT2D eigenvalue weighted by molar-refractivity contribution is 5.87. The molecule has 0 heterocycles. The average molecular weight is 346 g/mol. The van der Waals surface area contributed by atoms with Crippen molar-refractivity contribution in [3.63, 3.8) is 0 Å². The molecule has 2 atom stereocenters. The molecule has 7 heteroatoms. The minimum atomic E-state index is -1.23. The summed E-state index contributed by atoms with van der Waals surface area (Å²) in [5.41, 5.74) is 7.02. The van der Waals surface area contributed by atoms with Crippen LogP contribution in [0.1, 0.15) is 11.1 Å². The maximum absolute atomic E-state index is 13.2. The van der Waals surface area contributed by atoms with E-state index in [2.05, 4.69) is 5.32 Å². The van der Waals surface area contributed by atoms with Crippen LogP contribution in [0.3, 0.4) is 0 Å². The van der Waals surface area contributed by atoms with Crippen LogP contribution in [0.25, 0.3) is 0 Å². The van der Waals surface area contributed by atoms with E-state index < -0.39 is 29.8 Å². The van der Waals surface area contributed by atoms with Crippen LogP contribution in [-0.4, -0.2) is 34.2 Å². The summed E-state index contributed by atoms with van der Waals surface area (Å²) in [4.78, 5) is 23.5. The maximum Gasteiger partial charge on any atom is 0.326 e. The predicted molar refractivity (Wildman–Crippen MR) is 89.5 cm³/mol. The van der Waals surface area contributed by atoms with Gasteiger partial charge in [-0.25, -0.2) is 9.18 Å². The molecule has 0 aromatic heterocycles. The van der Waals surface area contributed by atoms with Crippen LogP contribution in [0.2, 0.25) is 0 Å². The number of aromatic hydroxyl groups is 1. The third-order valence-corrected chi connectivity index (χ3v) is 3.67. The Bertz CT molecular complexity index is 749. The second-order valence-corrected chi connectivity index (χ2v) is 5.71. The number of amides is 1. The van der Waals surface area contributed by atoms with Crippen molar-refractivity contribution >= 4 is 11.9 Å². The Labute approximate surface area is 144 Å². The van der Waals surface area contributed by atoms with Gasteiger partial charge < -0.3 is 21.3 Å². The molecule has 0 unspecified atom stereocenters. The lowest BCUT2D eigenvalue weighted by molar-refractivity contribution is -0.141. The molecule has 5 N–H and O–H groups in total. The van der Waals surface area contributed by atoms with Crippen molar-refractivity contribution < 1.29 is 24.2 Å². The van der Waals surface area contributed by atoms with Crippen molar-refractivity contribution in [1.82, 2.24) is 5.32 Å². The highest BCUT2D eigenvalue weighted by atomic mass is 19.1. The van der Waals surface area contributed by atoms with Gasteiger partial charge >= 0.3 is 5.97 Å². The zero-order chi connectivity index (χ0) is 18.4. The quantitative estimate of drug-likeness (QED) is 0.602. The Hall–Kier alpha value is -2.93. The molecule has 0 bridgehead atoms. The molecule has 1 amide bonds. The molecular weight excluding hydrogens is 327 g/mol. The van der Waals surface area contributed by atoms with Crippen LogP contribution in [0.5, 0.6) is 5.75 Å². The van der Waals surface area contributed by atoms with E-state index in [4.69, 9.17) is 5.73 Å². The number of hydrogen-bond acceptors (Lipinski definition) is 4. The van der Waals surface area contributed by atoms with Crippen LogP contribution in [0, 0.1) is 5.82 Å². The van der Waals surface area contributed by atoms with Crippen LogP contribution >= 0.6 is 0 Å². The van der Waals surface area contributed by atoms with E-state index in [0.717, 1.165) is 5.56 Å². The molecule has 25 heavy (non-hydrogen) atoms. The molecule has 0 radical (unpaired) electrons. The first kappa shape index (κ1) is 18.4. The highest BCUT2D eigenvalue weighted by Crippen LogP contribution is 2.11. The summed E-state index contributed by atoms with van der Waals surface area (Å²) in [7, 11) is 0. The third-order valence-electron chi connectivity index (χ3n) is 3.67. The van der Waals surface area contributed by atoms with Crippen molar-refractivity contribution in [3.8, 4) is 5.75 Å². The van der Waals surface area contributed by atoms with Gasteiger partial charge in [0.1, 0.15) is 17.6 Å². The molecule has 0 aliphatic carbocycles. The average Bonchev–Trinajstić information content (AvgIpc) is 2.56. The number of carboxylic acid groups (broad SMARTS) is 1. The molecule has 0 fully saturated rings. The van der Waals surface area contributed by atoms with Gasteiger partial charge in [0.05, 0.1) is 6.04 Å². The minimum absolute atomic E-state index is 0.0508. The van der Waals surface area contributed by atoms with Crippen LogP contribution in [0.15, 0.2) is 48.5 Å². The first-order valence-corrected chi connectivity index (χ1v) is 7.66. The summed E-state index contributed by atoms with van der Waals surface area (Å²) in [5, 5.41) is 20.9. The minimum Gasteiger partial charge on any atom is -0.508 e. The van der Waals surface area contributed by atoms with Gasteiger partial charge in [0.15, 0.2) is 0 Å². The van der Waals surface area contributed by atoms with Gasteiger partial charge in [0.2, 0.25) is 5.91 Å². The lowest BCUT2D eigenvalue weighted by Gasteiger charge is -2.18. The molecule has 0 saturated carbocycles. The smallest absolute Gasteiger partial charge is 0.326 e. The molecular formula is C18H19FN2O4. The van der Waals surface area contributed by atoms with Gasteiger partial charge in [0.25, 0.3) is 0 Å². The van der Waals surface area contributed by atoms with Crippen molar-refractivity contribution in [2.24, 2.45) is 5.73 Å². The molecule has 0 saturated heterocycles. The SMILES string of the molecule is N[C@@H](Cc1ccc(O)cc1)C(=O)N[C@@H](Cc1cccc(F)c1)C(=O)O. The number of carbonyl (C=O) groups excluding carboxylic acids is 1. The summed E-state index contributed by atoms with van der Waals surface area (Å²) in [6.07, 6.45) is 0.142. The molecule has 2 aromatic carbocycles. The van der Waals surface area contributed by atoms with Gasteiger partial charge in [0, 0.05) is 6.42 Å². The van der Waals surface area contributed by atoms with Crippen molar-refractivity contribution in [3.05, 3.63) is 65.5 Å². The highest BCUT2D eigenvalue weighted by Gasteiger charge is 2.24. The first-order valence-electron chi connectivity index (χ1n) is 7.66. The standard InChI is InChI=1S/C18H19FN2O4/c19-13-3-1-2-12(8-13)10-16(18(24)25)21-17(23)15(20)9-11-4-6-14(22)7-5-11/h1-8,15-16,22H,9-10,20H2,(H,21,23)(H,24,25)/t15-,16-/m0/s1. The zero-order valence-electron chi connectivity index (χ0n) is 13.4. The van der Waals surface area contributed by atoms with E-state index in [1.54, 1.807) is 18.2 Å². The molecule has 0 spiro atoms. The van der Waals surface area contributed by atoms with Crippen LogP contribution in [0.4, 0.5) is 4.39 Å². The second kappa shape index (κ2) is 8.25. The number of carbonyl (C=O) groups is 2. The monoisotopic (exact) mass is 346 g/mol. The maximum atomic E-state index is 13.2. The normalized spacial score (nSPS) is 13.0. The molecule has 6 nitrogen and oxygen atoms in total. The van der Waals surface area contributed by atoms with E-state index in [9.17, 15) is 24.2 Å². The number of halogens is 1. The molecule has 0 aliphatic rings. The molecule has 0 aliphatic heterocycles. The Kier molecular flexibility index (Phi) is 6.08. The zero-order valence-corrected chi connectivity index (χ0v) is 13.4. The van der Waals surface area contributed by atoms with Gasteiger partial charge in [-0.15, -0.1) is 0 Å². The third kappa shape index (κ3) is 5.58. The number of aliphatic carboxylic acids is 1. The van der Waals surface area contributed by atoms with Crippen molar-refractivity contribution in [2.45, 2.75) is 24.9 Å². The summed E-state index contributed by atoms with van der Waals surface area (Å²) in [6.45, 7) is 0. The largest absolute Gasteiger partial charge is 0.508 e.